The molecule has 2 aromatic rings. The lowest BCUT2D eigenvalue weighted by Gasteiger charge is -2.34. The molecule has 0 radical (unpaired) electrons. The molecule has 1 saturated heterocycles. The maximum Gasteiger partial charge on any atom is 0.272 e. The van der Waals surface area contributed by atoms with Gasteiger partial charge in [-0.15, -0.1) is 0 Å². The molecule has 0 spiro atoms. The minimum absolute atomic E-state index is 0.0715. The lowest BCUT2D eigenvalue weighted by atomic mass is 10.2. The van der Waals surface area contributed by atoms with E-state index in [-0.39, 0.29) is 5.91 Å². The average Bonchev–Trinajstić information content (AvgIpc) is 2.94. The molecular weight excluding hydrogens is 304 g/mol. The second-order valence-corrected chi connectivity index (χ2v) is 6.21. The molecule has 1 aromatic heterocycles. The lowest BCUT2D eigenvalue weighted by molar-refractivity contribution is 0.0617. The Morgan fingerprint density at radius 2 is 1.83 bits per heavy atom. The second kappa shape index (κ2) is 7.05. The van der Waals surface area contributed by atoms with Gasteiger partial charge in [0.2, 0.25) is 0 Å². The van der Waals surface area contributed by atoms with Gasteiger partial charge < -0.3 is 9.64 Å². The number of rotatable bonds is 4. The highest BCUT2D eigenvalue weighted by Crippen LogP contribution is 2.15. The highest BCUT2D eigenvalue weighted by Gasteiger charge is 2.24. The summed E-state index contributed by atoms with van der Waals surface area (Å²) < 4.78 is 6.86. The van der Waals surface area contributed by atoms with Gasteiger partial charge in [-0.25, -0.2) is 0 Å². The van der Waals surface area contributed by atoms with Crippen molar-refractivity contribution in [3.63, 3.8) is 0 Å². The van der Waals surface area contributed by atoms with Gasteiger partial charge in [0.1, 0.15) is 11.4 Å². The first-order valence-electron chi connectivity index (χ1n) is 8.22. The van der Waals surface area contributed by atoms with E-state index >= 15 is 0 Å². The Bertz CT molecular complexity index is 700. The van der Waals surface area contributed by atoms with Crippen LogP contribution < -0.4 is 4.74 Å². The molecule has 0 atom stereocenters. The summed E-state index contributed by atoms with van der Waals surface area (Å²) in [6, 6.07) is 10.0. The molecule has 1 amide bonds. The van der Waals surface area contributed by atoms with Gasteiger partial charge in [0.15, 0.2) is 0 Å². The number of hydrogen-bond donors (Lipinski definition) is 0. The summed E-state index contributed by atoms with van der Waals surface area (Å²) in [5.41, 5.74) is 2.80. The van der Waals surface area contributed by atoms with Crippen LogP contribution >= 0.6 is 0 Å². The van der Waals surface area contributed by atoms with Gasteiger partial charge in [0.25, 0.3) is 5.91 Å². The summed E-state index contributed by atoms with van der Waals surface area (Å²) in [6.07, 6.45) is 0. The van der Waals surface area contributed by atoms with Crippen LogP contribution in [0.5, 0.6) is 5.75 Å². The van der Waals surface area contributed by atoms with E-state index in [0.29, 0.717) is 5.69 Å². The van der Waals surface area contributed by atoms with E-state index in [1.165, 1.54) is 5.56 Å². The Morgan fingerprint density at radius 1 is 1.17 bits per heavy atom. The number of amides is 1. The van der Waals surface area contributed by atoms with Crippen molar-refractivity contribution >= 4 is 5.91 Å². The molecule has 0 bridgehead atoms. The van der Waals surface area contributed by atoms with E-state index in [4.69, 9.17) is 4.74 Å². The molecule has 0 aliphatic carbocycles. The fourth-order valence-corrected chi connectivity index (χ4v) is 3.07. The zero-order chi connectivity index (χ0) is 17.1. The number of piperazine rings is 1. The van der Waals surface area contributed by atoms with Crippen molar-refractivity contribution in [2.45, 2.75) is 13.5 Å². The van der Waals surface area contributed by atoms with Crippen molar-refractivity contribution in [1.82, 2.24) is 19.6 Å². The van der Waals surface area contributed by atoms with Crippen molar-refractivity contribution in [2.24, 2.45) is 7.05 Å². The number of methoxy groups -OCH3 is 1. The van der Waals surface area contributed by atoms with E-state index in [1.807, 2.05) is 37.1 Å². The van der Waals surface area contributed by atoms with E-state index in [1.54, 1.807) is 11.8 Å². The van der Waals surface area contributed by atoms with Crippen molar-refractivity contribution in [3.8, 4) is 5.75 Å². The molecule has 2 heterocycles. The molecule has 0 N–H and O–H groups in total. The standard InChI is InChI=1S/C18H24N4O2/c1-14-12-17(20(2)19-14)18(23)22-10-8-21(9-11-22)13-15-4-6-16(24-3)7-5-15/h4-7,12H,8-11,13H2,1-3H3. The number of nitrogens with zero attached hydrogens (tertiary/aromatic N) is 4. The maximum atomic E-state index is 12.6. The van der Waals surface area contributed by atoms with E-state index in [0.717, 1.165) is 44.2 Å². The number of aryl methyl sites for hydroxylation is 2. The summed E-state index contributed by atoms with van der Waals surface area (Å²) in [7, 11) is 3.50. The van der Waals surface area contributed by atoms with Crippen LogP contribution in [0.1, 0.15) is 21.7 Å². The van der Waals surface area contributed by atoms with Crippen molar-refractivity contribution in [1.29, 1.82) is 0 Å². The largest absolute Gasteiger partial charge is 0.497 e. The summed E-state index contributed by atoms with van der Waals surface area (Å²) in [4.78, 5) is 16.9. The van der Waals surface area contributed by atoms with Crippen LogP contribution in [-0.2, 0) is 13.6 Å². The molecule has 1 fully saturated rings. The molecule has 128 valence electrons. The van der Waals surface area contributed by atoms with Crippen LogP contribution in [0.2, 0.25) is 0 Å². The predicted molar refractivity (Wildman–Crippen MR) is 92.1 cm³/mol. The van der Waals surface area contributed by atoms with Crippen LogP contribution in [0.4, 0.5) is 0 Å². The van der Waals surface area contributed by atoms with Crippen LogP contribution in [0.3, 0.4) is 0 Å². The zero-order valence-electron chi connectivity index (χ0n) is 14.5. The quantitative estimate of drug-likeness (QED) is 0.857. The number of carbonyl (C=O) groups is 1. The van der Waals surface area contributed by atoms with E-state index in [2.05, 4.69) is 22.1 Å². The number of benzene rings is 1. The van der Waals surface area contributed by atoms with Gasteiger partial charge in [0, 0.05) is 39.8 Å². The molecule has 6 nitrogen and oxygen atoms in total. The van der Waals surface area contributed by atoms with Gasteiger partial charge in [-0.1, -0.05) is 12.1 Å². The van der Waals surface area contributed by atoms with Gasteiger partial charge in [-0.3, -0.25) is 14.4 Å². The first kappa shape index (κ1) is 16.5. The minimum Gasteiger partial charge on any atom is -0.497 e. The number of aromatic nitrogens is 2. The van der Waals surface area contributed by atoms with E-state index < -0.39 is 0 Å². The number of hydrogen-bond acceptors (Lipinski definition) is 4. The second-order valence-electron chi connectivity index (χ2n) is 6.21. The number of carbonyl (C=O) groups excluding carboxylic acids is 1. The van der Waals surface area contributed by atoms with Crippen LogP contribution in [0.25, 0.3) is 0 Å². The highest BCUT2D eigenvalue weighted by atomic mass is 16.5. The third-order valence-electron chi connectivity index (χ3n) is 4.45. The molecule has 24 heavy (non-hydrogen) atoms. The lowest BCUT2D eigenvalue weighted by Crippen LogP contribution is -2.48. The topological polar surface area (TPSA) is 50.6 Å². The third kappa shape index (κ3) is 3.59. The Morgan fingerprint density at radius 3 is 2.38 bits per heavy atom. The predicted octanol–water partition coefficient (Wildman–Crippen LogP) is 1.70. The summed E-state index contributed by atoms with van der Waals surface area (Å²) in [5.74, 6) is 0.947. The van der Waals surface area contributed by atoms with Crippen LogP contribution in [0.15, 0.2) is 30.3 Å². The molecule has 1 aromatic carbocycles. The van der Waals surface area contributed by atoms with Crippen LogP contribution in [-0.4, -0.2) is 58.8 Å². The molecule has 1 aliphatic rings. The molecule has 0 unspecified atom stereocenters. The SMILES string of the molecule is COc1ccc(CN2CCN(C(=O)c3cc(C)nn3C)CC2)cc1. The van der Waals surface area contributed by atoms with Crippen molar-refractivity contribution < 1.29 is 9.53 Å². The first-order valence-corrected chi connectivity index (χ1v) is 8.22. The number of ether oxygens (including phenoxy) is 1. The monoisotopic (exact) mass is 328 g/mol. The Kier molecular flexibility index (Phi) is 4.85. The summed E-state index contributed by atoms with van der Waals surface area (Å²) in [5, 5.41) is 4.26. The van der Waals surface area contributed by atoms with Crippen molar-refractivity contribution in [3.05, 3.63) is 47.3 Å². The smallest absolute Gasteiger partial charge is 0.272 e. The van der Waals surface area contributed by atoms with Gasteiger partial charge in [-0.05, 0) is 30.7 Å². The van der Waals surface area contributed by atoms with E-state index in [9.17, 15) is 4.79 Å². The van der Waals surface area contributed by atoms with Gasteiger partial charge in [0.05, 0.1) is 12.8 Å². The van der Waals surface area contributed by atoms with Crippen molar-refractivity contribution in [2.75, 3.05) is 33.3 Å². The normalized spacial score (nSPS) is 15.5. The third-order valence-corrected chi connectivity index (χ3v) is 4.45. The fourth-order valence-electron chi connectivity index (χ4n) is 3.07. The van der Waals surface area contributed by atoms with Gasteiger partial charge in [-0.2, -0.15) is 5.10 Å². The fraction of sp³-hybridized carbons (Fsp3) is 0.444. The molecule has 3 rings (SSSR count). The molecular formula is C18H24N4O2. The first-order chi connectivity index (χ1) is 11.6. The summed E-state index contributed by atoms with van der Waals surface area (Å²) >= 11 is 0. The van der Waals surface area contributed by atoms with Crippen LogP contribution in [0, 0.1) is 6.92 Å². The van der Waals surface area contributed by atoms with Gasteiger partial charge >= 0.3 is 0 Å². The summed E-state index contributed by atoms with van der Waals surface area (Å²) in [6.45, 7) is 6.07. The Hall–Kier alpha value is -2.34. The zero-order valence-corrected chi connectivity index (χ0v) is 14.5. The Balaban J connectivity index is 1.55. The minimum atomic E-state index is 0.0715. The maximum absolute atomic E-state index is 12.6. The highest BCUT2D eigenvalue weighted by molar-refractivity contribution is 5.92. The Labute approximate surface area is 142 Å². The average molecular weight is 328 g/mol. The molecule has 6 heteroatoms. The molecule has 0 saturated carbocycles. The molecule has 1 aliphatic heterocycles.